The fraction of sp³-hybridized carbons (Fsp3) is 0.615. The highest BCUT2D eigenvalue weighted by Gasteiger charge is 2.25. The predicted octanol–water partition coefficient (Wildman–Crippen LogP) is 1.65. The maximum atomic E-state index is 11.4. The van der Waals surface area contributed by atoms with Crippen LogP contribution in [0.1, 0.15) is 33.1 Å². The van der Waals surface area contributed by atoms with Gasteiger partial charge in [0, 0.05) is 12.1 Å². The first kappa shape index (κ1) is 12.2. The van der Waals surface area contributed by atoms with Crippen molar-refractivity contribution in [2.75, 3.05) is 5.32 Å². The Bertz CT molecular complexity index is 631. The van der Waals surface area contributed by atoms with Crippen LogP contribution in [-0.4, -0.2) is 25.6 Å². The van der Waals surface area contributed by atoms with E-state index in [2.05, 4.69) is 34.3 Å². The van der Waals surface area contributed by atoms with E-state index in [1.165, 1.54) is 30.0 Å². The van der Waals surface area contributed by atoms with Crippen molar-refractivity contribution < 1.29 is 0 Å². The molecule has 1 saturated carbocycles. The minimum Gasteiger partial charge on any atom is -0.367 e. The van der Waals surface area contributed by atoms with Crippen LogP contribution in [0.4, 0.5) is 5.82 Å². The Kier molecular flexibility index (Phi) is 3.00. The second kappa shape index (κ2) is 4.68. The highest BCUT2D eigenvalue weighted by Crippen LogP contribution is 2.30. The van der Waals surface area contributed by atoms with E-state index in [0.717, 1.165) is 11.7 Å². The van der Waals surface area contributed by atoms with Gasteiger partial charge in [0.15, 0.2) is 5.65 Å². The van der Waals surface area contributed by atoms with E-state index in [-0.39, 0.29) is 5.69 Å². The summed E-state index contributed by atoms with van der Waals surface area (Å²) in [5.74, 6) is 2.24. The molecule has 0 aliphatic heterocycles. The molecule has 2 aromatic heterocycles. The quantitative estimate of drug-likeness (QED) is 0.862. The number of nitrogens with one attached hydrogen (secondary N) is 2. The van der Waals surface area contributed by atoms with E-state index < -0.39 is 0 Å². The molecule has 6 heteroatoms. The van der Waals surface area contributed by atoms with E-state index in [0.29, 0.717) is 17.6 Å². The molecule has 6 nitrogen and oxygen atoms in total. The van der Waals surface area contributed by atoms with Crippen LogP contribution >= 0.6 is 0 Å². The number of hydrogen-bond donors (Lipinski definition) is 2. The van der Waals surface area contributed by atoms with Crippen molar-refractivity contribution in [1.82, 2.24) is 19.6 Å². The van der Waals surface area contributed by atoms with Gasteiger partial charge in [0.2, 0.25) is 0 Å². The second-order valence-corrected chi connectivity index (χ2v) is 5.68. The SMILES string of the molecule is CC1CCC(Nc2cc3n[nH]c(=O)n3cn2)C(C)C1. The molecular formula is C13H19N5O. The largest absolute Gasteiger partial charge is 0.367 e. The molecule has 3 rings (SSSR count). The van der Waals surface area contributed by atoms with Crippen molar-refractivity contribution in [2.45, 2.75) is 39.2 Å². The summed E-state index contributed by atoms with van der Waals surface area (Å²) < 4.78 is 1.40. The topological polar surface area (TPSA) is 75.1 Å². The normalized spacial score (nSPS) is 27.6. The van der Waals surface area contributed by atoms with Gasteiger partial charge in [-0.3, -0.25) is 0 Å². The van der Waals surface area contributed by atoms with Gasteiger partial charge in [-0.1, -0.05) is 13.8 Å². The maximum absolute atomic E-state index is 11.4. The number of nitrogens with zero attached hydrogens (tertiary/aromatic N) is 3. The van der Waals surface area contributed by atoms with Gasteiger partial charge < -0.3 is 5.32 Å². The molecule has 3 unspecified atom stereocenters. The summed E-state index contributed by atoms with van der Waals surface area (Å²) in [7, 11) is 0. The summed E-state index contributed by atoms with van der Waals surface area (Å²) in [6.07, 6.45) is 5.19. The molecular weight excluding hydrogens is 242 g/mol. The number of fused-ring (bicyclic) bond motifs is 1. The third-order valence-corrected chi connectivity index (χ3v) is 4.07. The van der Waals surface area contributed by atoms with Gasteiger partial charge in [0.1, 0.15) is 12.1 Å². The van der Waals surface area contributed by atoms with Gasteiger partial charge in [-0.15, -0.1) is 0 Å². The lowest BCUT2D eigenvalue weighted by molar-refractivity contribution is 0.276. The van der Waals surface area contributed by atoms with Crippen LogP contribution in [0.5, 0.6) is 0 Å². The van der Waals surface area contributed by atoms with Crippen molar-refractivity contribution in [3.8, 4) is 0 Å². The number of anilines is 1. The molecule has 2 heterocycles. The third-order valence-electron chi connectivity index (χ3n) is 4.07. The minimum absolute atomic E-state index is 0.256. The average molecular weight is 261 g/mol. The molecule has 0 radical (unpaired) electrons. The summed E-state index contributed by atoms with van der Waals surface area (Å²) in [4.78, 5) is 15.6. The van der Waals surface area contributed by atoms with E-state index in [9.17, 15) is 4.79 Å². The van der Waals surface area contributed by atoms with Gasteiger partial charge >= 0.3 is 5.69 Å². The van der Waals surface area contributed by atoms with Gasteiger partial charge in [0.05, 0.1) is 0 Å². The highest BCUT2D eigenvalue weighted by atomic mass is 16.1. The molecule has 0 bridgehead atoms. The predicted molar refractivity (Wildman–Crippen MR) is 73.2 cm³/mol. The Morgan fingerprint density at radius 2 is 2.26 bits per heavy atom. The standard InChI is InChI=1S/C13H19N5O/c1-8-3-4-10(9(2)5-8)15-11-6-12-16-17-13(19)18(12)7-14-11/h6-10,15H,3-5H2,1-2H3,(H,17,19). The van der Waals surface area contributed by atoms with Gasteiger partial charge in [-0.2, -0.15) is 5.10 Å². The van der Waals surface area contributed by atoms with Crippen LogP contribution in [0.2, 0.25) is 0 Å². The molecule has 3 atom stereocenters. The summed E-state index contributed by atoms with van der Waals surface area (Å²) in [5, 5.41) is 9.83. The number of rotatable bonds is 2. The zero-order chi connectivity index (χ0) is 13.4. The monoisotopic (exact) mass is 261 g/mol. The molecule has 1 aliphatic carbocycles. The average Bonchev–Trinajstić information content (AvgIpc) is 2.74. The first-order chi connectivity index (χ1) is 9.13. The molecule has 0 saturated heterocycles. The van der Waals surface area contributed by atoms with E-state index in [1.54, 1.807) is 0 Å². The molecule has 0 aromatic carbocycles. The summed E-state index contributed by atoms with van der Waals surface area (Å²) >= 11 is 0. The Hall–Kier alpha value is -1.85. The van der Waals surface area contributed by atoms with Gasteiger partial charge in [0.25, 0.3) is 0 Å². The van der Waals surface area contributed by atoms with Crippen molar-refractivity contribution in [2.24, 2.45) is 11.8 Å². The fourth-order valence-electron chi connectivity index (χ4n) is 2.96. The van der Waals surface area contributed by atoms with Crippen LogP contribution < -0.4 is 11.0 Å². The number of H-pyrrole nitrogens is 1. The second-order valence-electron chi connectivity index (χ2n) is 5.68. The molecule has 2 N–H and O–H groups in total. The van der Waals surface area contributed by atoms with Gasteiger partial charge in [-0.25, -0.2) is 19.3 Å². The Morgan fingerprint density at radius 3 is 3.05 bits per heavy atom. The van der Waals surface area contributed by atoms with E-state index in [1.807, 2.05) is 6.07 Å². The zero-order valence-electron chi connectivity index (χ0n) is 11.3. The lowest BCUT2D eigenvalue weighted by Gasteiger charge is -2.33. The number of aromatic nitrogens is 4. The first-order valence-electron chi connectivity index (χ1n) is 6.83. The summed E-state index contributed by atoms with van der Waals surface area (Å²) in [6, 6.07) is 2.26. The molecule has 0 spiro atoms. The molecule has 2 aromatic rings. The van der Waals surface area contributed by atoms with Crippen molar-refractivity contribution in [3.63, 3.8) is 0 Å². The molecule has 102 valence electrons. The van der Waals surface area contributed by atoms with Crippen molar-refractivity contribution in [1.29, 1.82) is 0 Å². The molecule has 1 fully saturated rings. The van der Waals surface area contributed by atoms with Crippen LogP contribution in [0, 0.1) is 11.8 Å². The smallest absolute Gasteiger partial charge is 0.348 e. The third kappa shape index (κ3) is 2.34. The molecule has 1 aliphatic rings. The van der Waals surface area contributed by atoms with Crippen molar-refractivity contribution >= 4 is 11.5 Å². The van der Waals surface area contributed by atoms with Crippen LogP contribution in [0.25, 0.3) is 5.65 Å². The van der Waals surface area contributed by atoms with E-state index >= 15 is 0 Å². The maximum Gasteiger partial charge on any atom is 0.348 e. The summed E-state index contributed by atoms with van der Waals surface area (Å²) in [6.45, 7) is 4.60. The summed E-state index contributed by atoms with van der Waals surface area (Å²) in [5.41, 5.74) is 0.341. The van der Waals surface area contributed by atoms with Gasteiger partial charge in [-0.05, 0) is 31.1 Å². The Balaban J connectivity index is 1.79. The lowest BCUT2D eigenvalue weighted by atomic mass is 9.80. The van der Waals surface area contributed by atoms with Crippen LogP contribution in [0.3, 0.4) is 0 Å². The minimum atomic E-state index is -0.256. The van der Waals surface area contributed by atoms with E-state index in [4.69, 9.17) is 0 Å². The lowest BCUT2D eigenvalue weighted by Crippen LogP contribution is -2.33. The number of hydrogen-bond acceptors (Lipinski definition) is 4. The zero-order valence-corrected chi connectivity index (χ0v) is 11.3. The highest BCUT2D eigenvalue weighted by molar-refractivity contribution is 5.48. The molecule has 19 heavy (non-hydrogen) atoms. The number of aromatic amines is 1. The fourth-order valence-corrected chi connectivity index (χ4v) is 2.96. The van der Waals surface area contributed by atoms with Crippen molar-refractivity contribution in [3.05, 3.63) is 22.9 Å². The Morgan fingerprint density at radius 1 is 1.42 bits per heavy atom. The Labute approximate surface area is 111 Å². The first-order valence-corrected chi connectivity index (χ1v) is 6.83. The molecule has 0 amide bonds. The van der Waals surface area contributed by atoms with Crippen LogP contribution in [0.15, 0.2) is 17.2 Å². The van der Waals surface area contributed by atoms with Crippen LogP contribution in [-0.2, 0) is 0 Å².